The largest absolute Gasteiger partial charge is 0.325 e. The second kappa shape index (κ2) is 8.63. The predicted octanol–water partition coefficient (Wildman–Crippen LogP) is 3.06. The topological polar surface area (TPSA) is 70.2 Å². The highest BCUT2D eigenvalue weighted by Gasteiger charge is 2.15. The van der Waals surface area contributed by atoms with Crippen LogP contribution in [0.25, 0.3) is 0 Å². The Bertz CT molecular complexity index is 848. The number of benzene rings is 2. The van der Waals surface area contributed by atoms with Gasteiger partial charge in [0.1, 0.15) is 5.82 Å². The van der Waals surface area contributed by atoms with Crippen LogP contribution < -0.4 is 16.0 Å². The standard InChI is InChI=1S/C16H12ClF4N3O2/c17-9-5-8(1-2-10(9)18)23-13(25)6-22-7-14(26)24-12-4-3-11(19)15(20)16(12)21/h1-5,22H,6-7H2,(H,23,25)(H,24,26). The third kappa shape index (κ3) is 5.17. The molecule has 0 fully saturated rings. The van der Waals surface area contributed by atoms with Gasteiger partial charge < -0.3 is 10.6 Å². The zero-order chi connectivity index (χ0) is 19.3. The van der Waals surface area contributed by atoms with E-state index in [-0.39, 0.29) is 17.3 Å². The Morgan fingerprint density at radius 1 is 0.846 bits per heavy atom. The van der Waals surface area contributed by atoms with Crippen molar-refractivity contribution >= 4 is 34.8 Å². The molecule has 2 rings (SSSR count). The summed E-state index contributed by atoms with van der Waals surface area (Å²) in [5, 5.41) is 6.77. The molecule has 0 aliphatic rings. The van der Waals surface area contributed by atoms with E-state index >= 15 is 0 Å². The van der Waals surface area contributed by atoms with Crippen molar-refractivity contribution in [1.82, 2.24) is 5.32 Å². The van der Waals surface area contributed by atoms with Gasteiger partial charge in [-0.25, -0.2) is 17.6 Å². The highest BCUT2D eigenvalue weighted by atomic mass is 35.5. The van der Waals surface area contributed by atoms with Gasteiger partial charge in [0.15, 0.2) is 17.5 Å². The summed E-state index contributed by atoms with van der Waals surface area (Å²) < 4.78 is 52.3. The first-order chi connectivity index (χ1) is 12.3. The Hall–Kier alpha value is -2.65. The molecule has 0 aliphatic heterocycles. The summed E-state index contributed by atoms with van der Waals surface area (Å²) in [7, 11) is 0. The molecule has 0 spiro atoms. The number of hydrogen-bond donors (Lipinski definition) is 3. The lowest BCUT2D eigenvalue weighted by molar-refractivity contribution is -0.116. The maximum absolute atomic E-state index is 13.4. The van der Waals surface area contributed by atoms with Crippen molar-refractivity contribution in [2.75, 3.05) is 23.7 Å². The van der Waals surface area contributed by atoms with Crippen molar-refractivity contribution in [2.24, 2.45) is 0 Å². The van der Waals surface area contributed by atoms with E-state index in [2.05, 4.69) is 10.6 Å². The smallest absolute Gasteiger partial charge is 0.238 e. The summed E-state index contributed by atoms with van der Waals surface area (Å²) in [6.45, 7) is -0.682. The number of anilines is 2. The van der Waals surface area contributed by atoms with Crippen LogP contribution in [-0.2, 0) is 9.59 Å². The Kier molecular flexibility index (Phi) is 6.53. The van der Waals surface area contributed by atoms with Gasteiger partial charge in [-0.05, 0) is 30.3 Å². The lowest BCUT2D eigenvalue weighted by atomic mass is 10.2. The molecular weight excluding hydrogens is 378 g/mol. The molecule has 0 aliphatic carbocycles. The van der Waals surface area contributed by atoms with Crippen molar-refractivity contribution in [2.45, 2.75) is 0 Å². The number of amides is 2. The number of hydrogen-bond acceptors (Lipinski definition) is 3. The van der Waals surface area contributed by atoms with Gasteiger partial charge in [-0.3, -0.25) is 14.9 Å². The molecule has 0 bridgehead atoms. The Balaban J connectivity index is 1.80. The minimum absolute atomic E-state index is 0.163. The van der Waals surface area contributed by atoms with Crippen molar-refractivity contribution in [3.8, 4) is 0 Å². The fourth-order valence-electron chi connectivity index (χ4n) is 1.89. The van der Waals surface area contributed by atoms with Crippen molar-refractivity contribution < 1.29 is 27.2 Å². The van der Waals surface area contributed by atoms with Gasteiger partial charge in [-0.2, -0.15) is 0 Å². The predicted molar refractivity (Wildman–Crippen MR) is 87.9 cm³/mol. The van der Waals surface area contributed by atoms with Crippen LogP contribution in [0.1, 0.15) is 0 Å². The number of halogens is 5. The molecule has 5 nitrogen and oxygen atoms in total. The summed E-state index contributed by atoms with van der Waals surface area (Å²) in [5.41, 5.74) is -0.266. The molecule has 0 heterocycles. The van der Waals surface area contributed by atoms with E-state index in [1.807, 2.05) is 5.32 Å². The van der Waals surface area contributed by atoms with Crippen LogP contribution in [0.2, 0.25) is 5.02 Å². The Morgan fingerprint density at radius 2 is 1.46 bits per heavy atom. The average Bonchev–Trinajstić information content (AvgIpc) is 2.59. The van der Waals surface area contributed by atoms with E-state index in [1.165, 1.54) is 12.1 Å². The molecule has 2 aromatic rings. The Morgan fingerprint density at radius 3 is 2.12 bits per heavy atom. The molecule has 2 aromatic carbocycles. The minimum Gasteiger partial charge on any atom is -0.325 e. The lowest BCUT2D eigenvalue weighted by Gasteiger charge is -2.09. The zero-order valence-electron chi connectivity index (χ0n) is 13.0. The second-order valence-electron chi connectivity index (χ2n) is 5.05. The molecule has 3 N–H and O–H groups in total. The maximum atomic E-state index is 13.4. The van der Waals surface area contributed by atoms with Gasteiger partial charge in [0.2, 0.25) is 11.8 Å². The average molecular weight is 390 g/mol. The maximum Gasteiger partial charge on any atom is 0.238 e. The van der Waals surface area contributed by atoms with Gasteiger partial charge in [0, 0.05) is 5.69 Å². The number of carbonyl (C=O) groups excluding carboxylic acids is 2. The van der Waals surface area contributed by atoms with Crippen LogP contribution in [0.15, 0.2) is 30.3 Å². The normalized spacial score (nSPS) is 10.5. The van der Waals surface area contributed by atoms with E-state index in [0.29, 0.717) is 6.07 Å². The summed E-state index contributed by atoms with van der Waals surface area (Å²) in [6, 6.07) is 5.14. The first-order valence-electron chi connectivity index (χ1n) is 7.17. The van der Waals surface area contributed by atoms with Crippen molar-refractivity contribution in [1.29, 1.82) is 0 Å². The molecule has 0 aromatic heterocycles. The molecule has 10 heteroatoms. The molecule has 138 valence electrons. The Labute approximate surface area is 150 Å². The molecular formula is C16H12ClF4N3O2. The van der Waals surface area contributed by atoms with Crippen LogP contribution in [0.4, 0.5) is 28.9 Å². The second-order valence-corrected chi connectivity index (χ2v) is 5.46. The first kappa shape index (κ1) is 19.7. The van der Waals surface area contributed by atoms with E-state index in [0.717, 1.165) is 12.1 Å². The van der Waals surface area contributed by atoms with Crippen molar-refractivity contribution in [3.05, 3.63) is 58.6 Å². The summed E-state index contributed by atoms with van der Waals surface area (Å²) in [5.74, 6) is -6.55. The minimum atomic E-state index is -1.70. The summed E-state index contributed by atoms with van der Waals surface area (Å²) in [6.07, 6.45) is 0. The van der Waals surface area contributed by atoms with Gasteiger partial charge in [0.25, 0.3) is 0 Å². The van der Waals surface area contributed by atoms with Crippen LogP contribution in [0.3, 0.4) is 0 Å². The number of carbonyl (C=O) groups is 2. The summed E-state index contributed by atoms with van der Waals surface area (Å²) >= 11 is 5.58. The van der Waals surface area contributed by atoms with E-state index in [4.69, 9.17) is 11.6 Å². The lowest BCUT2D eigenvalue weighted by Crippen LogP contribution is -2.34. The molecule has 2 amide bonds. The van der Waals surface area contributed by atoms with Gasteiger partial charge in [-0.1, -0.05) is 11.6 Å². The third-order valence-electron chi connectivity index (χ3n) is 3.08. The fraction of sp³-hybridized carbons (Fsp3) is 0.125. The van der Waals surface area contributed by atoms with E-state index in [9.17, 15) is 27.2 Å². The zero-order valence-corrected chi connectivity index (χ0v) is 13.8. The first-order valence-corrected chi connectivity index (χ1v) is 7.54. The molecule has 26 heavy (non-hydrogen) atoms. The van der Waals surface area contributed by atoms with Crippen molar-refractivity contribution in [3.63, 3.8) is 0 Å². The van der Waals surface area contributed by atoms with E-state index in [1.54, 1.807) is 0 Å². The summed E-state index contributed by atoms with van der Waals surface area (Å²) in [4.78, 5) is 23.3. The van der Waals surface area contributed by atoms with Crippen LogP contribution in [0, 0.1) is 23.3 Å². The molecule has 0 saturated carbocycles. The number of nitrogens with one attached hydrogen (secondary N) is 3. The van der Waals surface area contributed by atoms with Gasteiger partial charge in [-0.15, -0.1) is 0 Å². The highest BCUT2D eigenvalue weighted by molar-refractivity contribution is 6.31. The molecule has 0 radical (unpaired) electrons. The van der Waals surface area contributed by atoms with Crippen LogP contribution in [0.5, 0.6) is 0 Å². The molecule has 0 atom stereocenters. The molecule has 0 unspecified atom stereocenters. The van der Waals surface area contributed by atoms with E-state index < -0.39 is 47.3 Å². The van der Waals surface area contributed by atoms with Crippen LogP contribution >= 0.6 is 11.6 Å². The molecule has 0 saturated heterocycles. The monoisotopic (exact) mass is 389 g/mol. The van der Waals surface area contributed by atoms with Crippen LogP contribution in [-0.4, -0.2) is 24.9 Å². The fourth-order valence-corrected chi connectivity index (χ4v) is 2.07. The number of rotatable bonds is 6. The quantitative estimate of drug-likeness (QED) is 0.525. The SMILES string of the molecule is O=C(CNCC(=O)Nc1ccc(F)c(F)c1F)Nc1ccc(F)c(Cl)c1. The highest BCUT2D eigenvalue weighted by Crippen LogP contribution is 2.20. The van der Waals surface area contributed by atoms with Gasteiger partial charge in [0.05, 0.1) is 23.8 Å². The van der Waals surface area contributed by atoms with Gasteiger partial charge >= 0.3 is 0 Å². The third-order valence-corrected chi connectivity index (χ3v) is 3.37.